The maximum absolute atomic E-state index is 6.36. The molecule has 3 aromatic rings. The lowest BCUT2D eigenvalue weighted by Gasteiger charge is -2.20. The zero-order valence-electron chi connectivity index (χ0n) is 15.2. The van der Waals surface area contributed by atoms with Gasteiger partial charge in [0, 0.05) is 16.5 Å². The van der Waals surface area contributed by atoms with Crippen LogP contribution in [-0.4, -0.2) is 9.97 Å². The van der Waals surface area contributed by atoms with Gasteiger partial charge in [-0.05, 0) is 50.5 Å². The fourth-order valence-electron chi connectivity index (χ4n) is 3.23. The van der Waals surface area contributed by atoms with E-state index in [0.29, 0.717) is 21.8 Å². The fourth-order valence-corrected chi connectivity index (χ4v) is 3.73. The average Bonchev–Trinajstić information content (AvgIpc) is 3.48. The number of rotatable bonds is 5. The van der Waals surface area contributed by atoms with Gasteiger partial charge in [0.15, 0.2) is 0 Å². The standard InChI is InChI=1S/C22H20Cl2N2O/c1-13-20(18-11-10-17(23)12-19(18)24)25-14(2)22(26-13)27-21(16-8-9-16)15-6-4-3-5-7-15/h3-7,10-12,16,21H,8-9H2,1-2H3. The maximum atomic E-state index is 6.36. The summed E-state index contributed by atoms with van der Waals surface area (Å²) in [5, 5.41) is 1.16. The summed E-state index contributed by atoms with van der Waals surface area (Å²) in [6.07, 6.45) is 2.39. The van der Waals surface area contributed by atoms with Crippen molar-refractivity contribution in [2.24, 2.45) is 5.92 Å². The zero-order valence-corrected chi connectivity index (χ0v) is 16.8. The van der Waals surface area contributed by atoms with Crippen LogP contribution in [0.15, 0.2) is 48.5 Å². The van der Waals surface area contributed by atoms with Gasteiger partial charge >= 0.3 is 0 Å². The summed E-state index contributed by atoms with van der Waals surface area (Å²) in [5.41, 5.74) is 4.29. The van der Waals surface area contributed by atoms with Crippen LogP contribution in [0.5, 0.6) is 5.88 Å². The summed E-state index contributed by atoms with van der Waals surface area (Å²) < 4.78 is 6.35. The molecule has 0 saturated heterocycles. The van der Waals surface area contributed by atoms with Crippen LogP contribution in [0.4, 0.5) is 0 Å². The quantitative estimate of drug-likeness (QED) is 0.485. The molecule has 0 spiro atoms. The van der Waals surface area contributed by atoms with Crippen molar-refractivity contribution in [3.05, 3.63) is 75.5 Å². The SMILES string of the molecule is Cc1nc(-c2ccc(Cl)cc2Cl)c(C)nc1OC(c1ccccc1)C1CC1. The smallest absolute Gasteiger partial charge is 0.236 e. The Kier molecular flexibility index (Phi) is 5.07. The summed E-state index contributed by atoms with van der Waals surface area (Å²) in [7, 11) is 0. The molecule has 0 N–H and O–H groups in total. The molecule has 1 aliphatic carbocycles. The molecule has 0 radical (unpaired) electrons. The van der Waals surface area contributed by atoms with E-state index in [9.17, 15) is 0 Å². The minimum absolute atomic E-state index is 0.0172. The van der Waals surface area contributed by atoms with E-state index in [1.165, 1.54) is 18.4 Å². The van der Waals surface area contributed by atoms with Gasteiger partial charge in [-0.3, -0.25) is 0 Å². The van der Waals surface area contributed by atoms with E-state index in [1.807, 2.05) is 44.2 Å². The third-order valence-corrected chi connectivity index (χ3v) is 5.35. The molecule has 0 bridgehead atoms. The van der Waals surface area contributed by atoms with E-state index in [2.05, 4.69) is 12.1 Å². The van der Waals surface area contributed by atoms with Crippen molar-refractivity contribution in [3.8, 4) is 17.1 Å². The van der Waals surface area contributed by atoms with Crippen LogP contribution in [-0.2, 0) is 0 Å². The van der Waals surface area contributed by atoms with Gasteiger partial charge in [-0.25, -0.2) is 9.97 Å². The molecule has 2 aromatic carbocycles. The molecule has 0 aliphatic heterocycles. The molecule has 3 nitrogen and oxygen atoms in total. The van der Waals surface area contributed by atoms with E-state index in [4.69, 9.17) is 37.9 Å². The average molecular weight is 399 g/mol. The first-order valence-electron chi connectivity index (χ1n) is 9.05. The molecule has 27 heavy (non-hydrogen) atoms. The predicted molar refractivity (Wildman–Crippen MR) is 109 cm³/mol. The number of hydrogen-bond acceptors (Lipinski definition) is 3. The van der Waals surface area contributed by atoms with Gasteiger partial charge in [0.1, 0.15) is 11.8 Å². The minimum Gasteiger partial charge on any atom is -0.468 e. The Labute approximate surface area is 169 Å². The van der Waals surface area contributed by atoms with Gasteiger partial charge in [-0.2, -0.15) is 0 Å². The van der Waals surface area contributed by atoms with Crippen LogP contribution in [0.1, 0.15) is 35.9 Å². The molecule has 1 saturated carbocycles. The van der Waals surface area contributed by atoms with E-state index in [1.54, 1.807) is 6.07 Å². The van der Waals surface area contributed by atoms with Crippen molar-refractivity contribution in [2.45, 2.75) is 32.8 Å². The number of aromatic nitrogens is 2. The first-order chi connectivity index (χ1) is 13.0. The molecular weight excluding hydrogens is 379 g/mol. The Morgan fingerprint density at radius 2 is 1.70 bits per heavy atom. The molecular formula is C22H20Cl2N2O. The van der Waals surface area contributed by atoms with E-state index in [-0.39, 0.29) is 6.10 Å². The third-order valence-electron chi connectivity index (χ3n) is 4.80. The topological polar surface area (TPSA) is 35.0 Å². The second kappa shape index (κ2) is 7.49. The molecule has 1 aliphatic rings. The largest absolute Gasteiger partial charge is 0.468 e. The zero-order chi connectivity index (χ0) is 19.0. The Morgan fingerprint density at radius 1 is 0.963 bits per heavy atom. The monoisotopic (exact) mass is 398 g/mol. The first-order valence-corrected chi connectivity index (χ1v) is 9.81. The Hall–Kier alpha value is -2.10. The van der Waals surface area contributed by atoms with Gasteiger partial charge in [0.25, 0.3) is 0 Å². The van der Waals surface area contributed by atoms with Crippen molar-refractivity contribution < 1.29 is 4.74 Å². The van der Waals surface area contributed by atoms with Crippen LogP contribution in [0.2, 0.25) is 10.0 Å². The van der Waals surface area contributed by atoms with Gasteiger partial charge < -0.3 is 4.74 Å². The molecule has 1 atom stereocenters. The summed E-state index contributed by atoms with van der Waals surface area (Å²) >= 11 is 12.4. The number of nitrogens with zero attached hydrogens (tertiary/aromatic N) is 2. The summed E-state index contributed by atoms with van der Waals surface area (Å²) in [6, 6.07) is 15.7. The molecule has 138 valence electrons. The number of benzene rings is 2. The highest BCUT2D eigenvalue weighted by atomic mass is 35.5. The van der Waals surface area contributed by atoms with E-state index < -0.39 is 0 Å². The maximum Gasteiger partial charge on any atom is 0.236 e. The highest BCUT2D eigenvalue weighted by molar-refractivity contribution is 6.36. The van der Waals surface area contributed by atoms with Crippen LogP contribution in [0, 0.1) is 19.8 Å². The van der Waals surface area contributed by atoms with E-state index >= 15 is 0 Å². The van der Waals surface area contributed by atoms with Gasteiger partial charge in [0.05, 0.1) is 16.4 Å². The molecule has 1 unspecified atom stereocenters. The Morgan fingerprint density at radius 3 is 2.37 bits per heavy atom. The van der Waals surface area contributed by atoms with Crippen molar-refractivity contribution in [3.63, 3.8) is 0 Å². The van der Waals surface area contributed by atoms with Gasteiger partial charge in [-0.15, -0.1) is 0 Å². The summed E-state index contributed by atoms with van der Waals surface area (Å²) in [5.74, 6) is 1.13. The lowest BCUT2D eigenvalue weighted by molar-refractivity contribution is 0.171. The molecule has 1 aromatic heterocycles. The van der Waals surface area contributed by atoms with Crippen molar-refractivity contribution in [1.29, 1.82) is 0 Å². The highest BCUT2D eigenvalue weighted by Gasteiger charge is 2.35. The highest BCUT2D eigenvalue weighted by Crippen LogP contribution is 2.44. The van der Waals surface area contributed by atoms with Gasteiger partial charge in [-0.1, -0.05) is 53.5 Å². The minimum atomic E-state index is 0.0172. The molecule has 1 heterocycles. The normalized spacial score (nSPS) is 14.8. The second-order valence-electron chi connectivity index (χ2n) is 6.96. The predicted octanol–water partition coefficient (Wildman–Crippen LogP) is 6.60. The Balaban J connectivity index is 1.67. The Bertz CT molecular complexity index is 972. The summed E-state index contributed by atoms with van der Waals surface area (Å²) in [4.78, 5) is 9.46. The molecule has 4 rings (SSSR count). The van der Waals surface area contributed by atoms with Crippen LogP contribution in [0.3, 0.4) is 0 Å². The summed E-state index contributed by atoms with van der Waals surface area (Å²) in [6.45, 7) is 3.85. The lowest BCUT2D eigenvalue weighted by Crippen LogP contribution is -2.13. The number of hydrogen-bond donors (Lipinski definition) is 0. The molecule has 1 fully saturated rings. The van der Waals surface area contributed by atoms with Crippen molar-refractivity contribution in [1.82, 2.24) is 9.97 Å². The third kappa shape index (κ3) is 3.95. The molecule has 5 heteroatoms. The lowest BCUT2D eigenvalue weighted by atomic mass is 10.1. The van der Waals surface area contributed by atoms with Gasteiger partial charge in [0.2, 0.25) is 5.88 Å². The van der Waals surface area contributed by atoms with Crippen molar-refractivity contribution in [2.75, 3.05) is 0 Å². The molecule has 0 amide bonds. The van der Waals surface area contributed by atoms with Crippen molar-refractivity contribution >= 4 is 23.2 Å². The fraction of sp³-hybridized carbons (Fsp3) is 0.273. The number of aryl methyl sites for hydroxylation is 2. The second-order valence-corrected chi connectivity index (χ2v) is 7.80. The van der Waals surface area contributed by atoms with Crippen LogP contribution < -0.4 is 4.74 Å². The van der Waals surface area contributed by atoms with Crippen LogP contribution in [0.25, 0.3) is 11.3 Å². The number of halogens is 2. The van der Waals surface area contributed by atoms with E-state index in [0.717, 1.165) is 22.6 Å². The number of ether oxygens (including phenoxy) is 1. The van der Waals surface area contributed by atoms with Crippen LogP contribution >= 0.6 is 23.2 Å². The first kappa shape index (κ1) is 18.3.